The number of hydrogen-bond acceptors (Lipinski definition) is 6. The third-order valence-electron chi connectivity index (χ3n) is 6.01. The standard InChI is InChI=1S/C22H32N4O5/c1-4-25-10-5-6-16(25)14-23-20(27)13-17-21(28)26(22(29)24-17)11-9-15-7-8-18(30-2)19(12-15)31-3/h7-8,12,16-17H,4-6,9-11,13-14H2,1-3H3,(H,23,27)(H,24,29)/t16-,17+/m1/s1. The highest BCUT2D eigenvalue weighted by molar-refractivity contribution is 6.05. The lowest BCUT2D eigenvalue weighted by molar-refractivity contribution is -0.130. The number of carbonyl (C=O) groups excluding carboxylic acids is 3. The molecular weight excluding hydrogens is 400 g/mol. The molecule has 0 spiro atoms. The van der Waals surface area contributed by atoms with Crippen molar-refractivity contribution in [1.82, 2.24) is 20.4 Å². The number of likely N-dealkylation sites (N-methyl/N-ethyl adjacent to an activating group) is 1. The second kappa shape index (κ2) is 10.5. The zero-order valence-electron chi connectivity index (χ0n) is 18.5. The van der Waals surface area contributed by atoms with E-state index in [0.29, 0.717) is 30.5 Å². The first-order valence-electron chi connectivity index (χ1n) is 10.8. The van der Waals surface area contributed by atoms with Gasteiger partial charge < -0.3 is 20.1 Å². The number of rotatable bonds is 10. The van der Waals surface area contributed by atoms with Gasteiger partial charge in [-0.15, -0.1) is 0 Å². The summed E-state index contributed by atoms with van der Waals surface area (Å²) in [5, 5.41) is 5.55. The van der Waals surface area contributed by atoms with Gasteiger partial charge in [0.25, 0.3) is 5.91 Å². The molecule has 0 saturated carbocycles. The Morgan fingerprint density at radius 1 is 1.23 bits per heavy atom. The van der Waals surface area contributed by atoms with E-state index in [1.54, 1.807) is 20.3 Å². The van der Waals surface area contributed by atoms with Gasteiger partial charge in [-0.05, 0) is 50.0 Å². The predicted octanol–water partition coefficient (Wildman–Crippen LogP) is 1.16. The van der Waals surface area contributed by atoms with Crippen molar-refractivity contribution in [3.8, 4) is 11.5 Å². The van der Waals surface area contributed by atoms with Crippen LogP contribution in [0, 0.1) is 0 Å². The summed E-state index contributed by atoms with van der Waals surface area (Å²) in [6.45, 7) is 4.94. The van der Waals surface area contributed by atoms with Crippen LogP contribution in [0.15, 0.2) is 18.2 Å². The van der Waals surface area contributed by atoms with Crippen LogP contribution in [0.5, 0.6) is 11.5 Å². The van der Waals surface area contributed by atoms with Gasteiger partial charge >= 0.3 is 6.03 Å². The van der Waals surface area contributed by atoms with Gasteiger partial charge in [0.2, 0.25) is 5.91 Å². The molecule has 2 saturated heterocycles. The van der Waals surface area contributed by atoms with Crippen LogP contribution in [0.3, 0.4) is 0 Å². The maximum atomic E-state index is 12.7. The SMILES string of the molecule is CCN1CCC[C@@H]1CNC(=O)C[C@@H]1NC(=O)N(CCc2ccc(OC)c(OC)c2)C1=O. The largest absolute Gasteiger partial charge is 0.493 e. The maximum Gasteiger partial charge on any atom is 0.324 e. The van der Waals surface area contributed by atoms with Crippen molar-refractivity contribution < 1.29 is 23.9 Å². The fourth-order valence-corrected chi connectivity index (χ4v) is 4.24. The number of urea groups is 1. The molecule has 170 valence electrons. The minimum absolute atomic E-state index is 0.0454. The molecule has 4 amide bonds. The Morgan fingerprint density at radius 3 is 2.71 bits per heavy atom. The topological polar surface area (TPSA) is 100 Å². The summed E-state index contributed by atoms with van der Waals surface area (Å²) < 4.78 is 10.5. The molecule has 2 aliphatic heterocycles. The number of carbonyl (C=O) groups is 3. The molecule has 1 aromatic rings. The number of nitrogens with zero attached hydrogens (tertiary/aromatic N) is 2. The lowest BCUT2D eigenvalue weighted by Gasteiger charge is -2.23. The molecule has 2 aliphatic rings. The third kappa shape index (κ3) is 5.46. The number of imide groups is 1. The summed E-state index contributed by atoms with van der Waals surface area (Å²) in [5.41, 5.74) is 0.913. The van der Waals surface area contributed by atoms with E-state index in [4.69, 9.17) is 9.47 Å². The second-order valence-corrected chi connectivity index (χ2v) is 7.86. The number of nitrogens with one attached hydrogen (secondary N) is 2. The van der Waals surface area contributed by atoms with E-state index < -0.39 is 12.1 Å². The summed E-state index contributed by atoms with van der Waals surface area (Å²) in [4.78, 5) is 40.8. The van der Waals surface area contributed by atoms with Gasteiger partial charge in [-0.25, -0.2) is 4.79 Å². The number of likely N-dealkylation sites (tertiary alicyclic amines) is 1. The highest BCUT2D eigenvalue weighted by Crippen LogP contribution is 2.28. The summed E-state index contributed by atoms with van der Waals surface area (Å²) in [7, 11) is 3.12. The molecule has 0 bridgehead atoms. The van der Waals surface area contributed by atoms with Gasteiger partial charge in [-0.2, -0.15) is 0 Å². The molecule has 2 atom stereocenters. The normalized spacial score (nSPS) is 21.3. The van der Waals surface area contributed by atoms with Crippen LogP contribution in [-0.4, -0.2) is 80.1 Å². The van der Waals surface area contributed by atoms with E-state index in [2.05, 4.69) is 22.5 Å². The van der Waals surface area contributed by atoms with Gasteiger partial charge in [0, 0.05) is 19.1 Å². The van der Waals surface area contributed by atoms with Crippen molar-refractivity contribution in [1.29, 1.82) is 0 Å². The first-order chi connectivity index (χ1) is 15.0. The zero-order valence-corrected chi connectivity index (χ0v) is 18.5. The van der Waals surface area contributed by atoms with Crippen LogP contribution in [0.2, 0.25) is 0 Å². The van der Waals surface area contributed by atoms with Crippen molar-refractivity contribution in [2.75, 3.05) is 40.4 Å². The molecule has 0 aliphatic carbocycles. The number of hydrogen-bond donors (Lipinski definition) is 2. The second-order valence-electron chi connectivity index (χ2n) is 7.86. The van der Waals surface area contributed by atoms with Crippen molar-refractivity contribution >= 4 is 17.8 Å². The number of benzene rings is 1. The van der Waals surface area contributed by atoms with Gasteiger partial charge in [-0.1, -0.05) is 13.0 Å². The van der Waals surface area contributed by atoms with Crippen LogP contribution in [0.1, 0.15) is 31.7 Å². The Balaban J connectivity index is 1.49. The minimum Gasteiger partial charge on any atom is -0.493 e. The van der Waals surface area contributed by atoms with Crippen molar-refractivity contribution in [3.05, 3.63) is 23.8 Å². The van der Waals surface area contributed by atoms with Gasteiger partial charge in [0.05, 0.1) is 20.6 Å². The Hall–Kier alpha value is -2.81. The summed E-state index contributed by atoms with van der Waals surface area (Å²) in [6.07, 6.45) is 2.64. The Kier molecular flexibility index (Phi) is 7.73. The molecule has 0 radical (unpaired) electrons. The number of amides is 4. The van der Waals surface area contributed by atoms with Crippen LogP contribution in [-0.2, 0) is 16.0 Å². The summed E-state index contributed by atoms with van der Waals surface area (Å²) >= 11 is 0. The fraction of sp³-hybridized carbons (Fsp3) is 0.591. The lowest BCUT2D eigenvalue weighted by Crippen LogP contribution is -2.42. The van der Waals surface area contributed by atoms with E-state index >= 15 is 0 Å². The van der Waals surface area contributed by atoms with E-state index in [9.17, 15) is 14.4 Å². The quantitative estimate of drug-likeness (QED) is 0.538. The average molecular weight is 433 g/mol. The molecule has 9 nitrogen and oxygen atoms in total. The maximum absolute atomic E-state index is 12.7. The monoisotopic (exact) mass is 432 g/mol. The molecule has 31 heavy (non-hydrogen) atoms. The molecule has 9 heteroatoms. The van der Waals surface area contributed by atoms with E-state index in [1.807, 2.05) is 12.1 Å². The van der Waals surface area contributed by atoms with Crippen molar-refractivity contribution in [2.24, 2.45) is 0 Å². The molecule has 1 aromatic carbocycles. The molecule has 2 fully saturated rings. The zero-order chi connectivity index (χ0) is 22.4. The summed E-state index contributed by atoms with van der Waals surface area (Å²) in [6, 6.07) is 4.55. The molecule has 3 rings (SSSR count). The van der Waals surface area contributed by atoms with Gasteiger partial charge in [-0.3, -0.25) is 19.4 Å². The number of methoxy groups -OCH3 is 2. The highest BCUT2D eigenvalue weighted by atomic mass is 16.5. The molecule has 2 heterocycles. The van der Waals surface area contributed by atoms with Gasteiger partial charge in [0.15, 0.2) is 11.5 Å². The predicted molar refractivity (Wildman–Crippen MR) is 115 cm³/mol. The lowest BCUT2D eigenvalue weighted by atomic mass is 10.1. The number of ether oxygens (including phenoxy) is 2. The van der Waals surface area contributed by atoms with Crippen LogP contribution >= 0.6 is 0 Å². The smallest absolute Gasteiger partial charge is 0.324 e. The van der Waals surface area contributed by atoms with E-state index in [1.165, 1.54) is 4.90 Å². The first-order valence-corrected chi connectivity index (χ1v) is 10.8. The van der Waals surface area contributed by atoms with E-state index in [-0.39, 0.29) is 24.8 Å². The average Bonchev–Trinajstić information content (AvgIpc) is 3.34. The van der Waals surface area contributed by atoms with Crippen molar-refractivity contribution in [2.45, 2.75) is 44.7 Å². The minimum atomic E-state index is -0.816. The van der Waals surface area contributed by atoms with Crippen LogP contribution < -0.4 is 20.1 Å². The van der Waals surface area contributed by atoms with Gasteiger partial charge in [0.1, 0.15) is 6.04 Å². The molecule has 0 unspecified atom stereocenters. The Morgan fingerprint density at radius 2 is 2.00 bits per heavy atom. The van der Waals surface area contributed by atoms with Crippen molar-refractivity contribution in [3.63, 3.8) is 0 Å². The Bertz CT molecular complexity index is 815. The third-order valence-corrected chi connectivity index (χ3v) is 6.01. The van der Waals surface area contributed by atoms with E-state index in [0.717, 1.165) is 31.5 Å². The molecular formula is C22H32N4O5. The van der Waals surface area contributed by atoms with Crippen LogP contribution in [0.25, 0.3) is 0 Å². The fourth-order valence-electron chi connectivity index (χ4n) is 4.24. The Labute approximate surface area is 183 Å². The summed E-state index contributed by atoms with van der Waals surface area (Å²) in [5.74, 6) is 0.627. The first kappa shape index (κ1) is 22.9. The highest BCUT2D eigenvalue weighted by Gasteiger charge is 2.38. The van der Waals surface area contributed by atoms with Crippen LogP contribution in [0.4, 0.5) is 4.79 Å². The molecule has 2 N–H and O–H groups in total. The molecule has 0 aromatic heterocycles.